The number of pyridine rings is 2. The van der Waals surface area contributed by atoms with Gasteiger partial charge in [0.25, 0.3) is 5.91 Å². The second kappa shape index (κ2) is 8.86. The molecule has 0 aliphatic carbocycles. The molecule has 0 unspecified atom stereocenters. The molecule has 1 aliphatic heterocycles. The van der Waals surface area contributed by atoms with Gasteiger partial charge in [-0.05, 0) is 54.3 Å². The van der Waals surface area contributed by atoms with Gasteiger partial charge in [-0.25, -0.2) is 0 Å². The molecule has 4 heterocycles. The first kappa shape index (κ1) is 20.3. The lowest BCUT2D eigenvalue weighted by Crippen LogP contribution is -2.35. The number of aromatic nitrogens is 4. The second-order valence-corrected chi connectivity index (χ2v) is 8.12. The van der Waals surface area contributed by atoms with Crippen molar-refractivity contribution in [3.63, 3.8) is 0 Å². The van der Waals surface area contributed by atoms with Gasteiger partial charge in [-0.1, -0.05) is 6.07 Å². The van der Waals surface area contributed by atoms with Crippen LogP contribution in [0, 0.1) is 0 Å². The van der Waals surface area contributed by atoms with Gasteiger partial charge in [-0.15, -0.1) is 0 Å². The van der Waals surface area contributed by atoms with Crippen LogP contribution in [-0.2, 0) is 6.54 Å². The van der Waals surface area contributed by atoms with Crippen molar-refractivity contribution >= 4 is 22.5 Å². The molecule has 0 bridgehead atoms. The zero-order valence-electron chi connectivity index (χ0n) is 17.5. The van der Waals surface area contributed by atoms with E-state index < -0.39 is 0 Å². The third-order valence-electron chi connectivity index (χ3n) is 5.79. The summed E-state index contributed by atoms with van der Waals surface area (Å²) >= 11 is 0. The molecule has 4 aromatic rings. The molecule has 0 atom stereocenters. The molecule has 3 aromatic heterocycles. The number of piperidine rings is 1. The first-order valence-corrected chi connectivity index (χ1v) is 10.7. The Morgan fingerprint density at radius 3 is 2.78 bits per heavy atom. The lowest BCUT2D eigenvalue weighted by Gasteiger charge is -2.29. The van der Waals surface area contributed by atoms with Crippen LogP contribution in [0.4, 0.5) is 5.69 Å². The van der Waals surface area contributed by atoms with E-state index in [4.69, 9.17) is 0 Å². The Balaban J connectivity index is 1.39. The summed E-state index contributed by atoms with van der Waals surface area (Å²) in [6.45, 7) is 2.59. The van der Waals surface area contributed by atoms with Crippen LogP contribution in [0.25, 0.3) is 22.0 Å². The van der Waals surface area contributed by atoms with Crippen molar-refractivity contribution in [3.8, 4) is 11.1 Å². The van der Waals surface area contributed by atoms with E-state index in [0.29, 0.717) is 11.4 Å². The molecule has 3 N–H and O–H groups in total. The lowest BCUT2D eigenvalue weighted by atomic mass is 10.0. The number of rotatable bonds is 5. The average molecular weight is 428 g/mol. The fraction of sp³-hybridized carbons (Fsp3) is 0.250. The van der Waals surface area contributed by atoms with Crippen molar-refractivity contribution in [1.82, 2.24) is 25.1 Å². The molecule has 1 saturated heterocycles. The summed E-state index contributed by atoms with van der Waals surface area (Å²) in [6, 6.07) is 11.6. The highest BCUT2D eigenvalue weighted by atomic mass is 16.3. The number of carbonyl (C=O) groups excluding carboxylic acids is 1. The molecule has 32 heavy (non-hydrogen) atoms. The van der Waals surface area contributed by atoms with E-state index in [0.717, 1.165) is 60.1 Å². The number of hydrogen-bond acceptors (Lipinski definition) is 6. The van der Waals surface area contributed by atoms with Crippen molar-refractivity contribution in [2.24, 2.45) is 0 Å². The average Bonchev–Trinajstić information content (AvgIpc) is 3.25. The molecule has 1 aromatic carbocycles. The van der Waals surface area contributed by atoms with Crippen LogP contribution in [0.15, 0.2) is 61.2 Å². The topological polar surface area (TPSA) is 107 Å². The standard InChI is InChI=1S/C24H24N6O2/c31-20-5-8-30(9-6-20)15-16-10-18(13-26-12-16)17-3-4-22-21(11-17)23(29-28-22)24(32)27-19-2-1-7-25-14-19/h1-4,7,10-14,20,31H,5-6,8-9,15H2,(H,27,32)(H,28,29). The van der Waals surface area contributed by atoms with Gasteiger partial charge in [0.1, 0.15) is 0 Å². The summed E-state index contributed by atoms with van der Waals surface area (Å²) < 4.78 is 0. The van der Waals surface area contributed by atoms with E-state index in [1.807, 2.05) is 30.6 Å². The third kappa shape index (κ3) is 4.37. The number of hydrogen-bond donors (Lipinski definition) is 3. The molecule has 5 rings (SSSR count). The van der Waals surface area contributed by atoms with Gasteiger partial charge >= 0.3 is 0 Å². The molecule has 162 valence electrons. The molecule has 8 heteroatoms. The highest BCUT2D eigenvalue weighted by molar-refractivity contribution is 6.11. The summed E-state index contributed by atoms with van der Waals surface area (Å²) in [5.74, 6) is -0.291. The summed E-state index contributed by atoms with van der Waals surface area (Å²) in [4.78, 5) is 23.6. The van der Waals surface area contributed by atoms with E-state index >= 15 is 0 Å². The van der Waals surface area contributed by atoms with Gasteiger partial charge in [0.05, 0.1) is 23.5 Å². The number of aliphatic hydroxyl groups excluding tert-OH is 1. The number of nitrogens with zero attached hydrogens (tertiary/aromatic N) is 4. The first-order chi connectivity index (χ1) is 15.7. The maximum absolute atomic E-state index is 12.8. The zero-order valence-corrected chi connectivity index (χ0v) is 17.5. The fourth-order valence-corrected chi connectivity index (χ4v) is 4.06. The third-order valence-corrected chi connectivity index (χ3v) is 5.79. The number of benzene rings is 1. The van der Waals surface area contributed by atoms with Gasteiger partial charge < -0.3 is 10.4 Å². The minimum Gasteiger partial charge on any atom is -0.393 e. The van der Waals surface area contributed by atoms with Crippen molar-refractivity contribution in [1.29, 1.82) is 0 Å². The van der Waals surface area contributed by atoms with E-state index in [2.05, 4.69) is 36.4 Å². The Labute approximate surface area is 185 Å². The molecular weight excluding hydrogens is 404 g/mol. The Kier molecular flexibility index (Phi) is 5.62. The van der Waals surface area contributed by atoms with Crippen LogP contribution in [0.3, 0.4) is 0 Å². The van der Waals surface area contributed by atoms with Crippen LogP contribution < -0.4 is 5.32 Å². The highest BCUT2D eigenvalue weighted by Crippen LogP contribution is 2.26. The smallest absolute Gasteiger partial charge is 0.276 e. The van der Waals surface area contributed by atoms with Crippen LogP contribution in [0.5, 0.6) is 0 Å². The van der Waals surface area contributed by atoms with Crippen molar-refractivity contribution in [2.45, 2.75) is 25.5 Å². The zero-order chi connectivity index (χ0) is 21.9. The molecule has 0 radical (unpaired) electrons. The number of carbonyl (C=O) groups is 1. The maximum Gasteiger partial charge on any atom is 0.276 e. The van der Waals surface area contributed by atoms with Crippen LogP contribution in [-0.4, -0.2) is 55.3 Å². The van der Waals surface area contributed by atoms with Gasteiger partial charge in [0, 0.05) is 49.2 Å². The predicted molar refractivity (Wildman–Crippen MR) is 122 cm³/mol. The molecule has 1 aliphatic rings. The normalized spacial score (nSPS) is 15.2. The van der Waals surface area contributed by atoms with E-state index in [1.54, 1.807) is 24.5 Å². The summed E-state index contributed by atoms with van der Waals surface area (Å²) in [5.41, 5.74) is 4.83. The second-order valence-electron chi connectivity index (χ2n) is 8.12. The SMILES string of the molecule is O=C(Nc1cccnc1)c1n[nH]c2ccc(-c3cncc(CN4CCC(O)CC4)c3)cc12. The summed E-state index contributed by atoms with van der Waals surface area (Å²) in [6.07, 6.45) is 8.42. The number of H-pyrrole nitrogens is 1. The quantitative estimate of drug-likeness (QED) is 0.451. The molecule has 8 nitrogen and oxygen atoms in total. The molecular formula is C24H24N6O2. The monoisotopic (exact) mass is 428 g/mol. The number of nitrogens with one attached hydrogen (secondary N) is 2. The number of amides is 1. The van der Waals surface area contributed by atoms with E-state index in [-0.39, 0.29) is 12.0 Å². The van der Waals surface area contributed by atoms with Gasteiger partial charge in [-0.2, -0.15) is 5.10 Å². The Hall–Kier alpha value is -3.62. The van der Waals surface area contributed by atoms with Crippen molar-refractivity contribution in [2.75, 3.05) is 18.4 Å². The van der Waals surface area contributed by atoms with Crippen molar-refractivity contribution in [3.05, 3.63) is 72.4 Å². The Morgan fingerprint density at radius 1 is 1.09 bits per heavy atom. The predicted octanol–water partition coefficient (Wildman–Crippen LogP) is 3.23. The van der Waals surface area contributed by atoms with E-state index in [1.165, 1.54) is 0 Å². The number of anilines is 1. The van der Waals surface area contributed by atoms with Gasteiger partial charge in [0.15, 0.2) is 5.69 Å². The molecule has 1 amide bonds. The number of aromatic amines is 1. The van der Waals surface area contributed by atoms with Crippen LogP contribution in [0.2, 0.25) is 0 Å². The summed E-state index contributed by atoms with van der Waals surface area (Å²) in [5, 5.41) is 20.5. The Bertz CT molecular complexity index is 1230. The van der Waals surface area contributed by atoms with Gasteiger partial charge in [0.2, 0.25) is 0 Å². The molecule has 0 spiro atoms. The lowest BCUT2D eigenvalue weighted by molar-refractivity contribution is 0.0792. The first-order valence-electron chi connectivity index (χ1n) is 10.7. The van der Waals surface area contributed by atoms with Crippen LogP contribution in [0.1, 0.15) is 28.9 Å². The number of likely N-dealkylation sites (tertiary alicyclic amines) is 1. The largest absolute Gasteiger partial charge is 0.393 e. The van der Waals surface area contributed by atoms with Gasteiger partial charge in [-0.3, -0.25) is 24.8 Å². The fourth-order valence-electron chi connectivity index (χ4n) is 4.06. The minimum absolute atomic E-state index is 0.179. The maximum atomic E-state index is 12.8. The molecule has 1 fully saturated rings. The number of fused-ring (bicyclic) bond motifs is 1. The number of aliphatic hydroxyl groups is 1. The van der Waals surface area contributed by atoms with E-state index in [9.17, 15) is 9.90 Å². The van der Waals surface area contributed by atoms with Crippen molar-refractivity contribution < 1.29 is 9.90 Å². The summed E-state index contributed by atoms with van der Waals surface area (Å²) in [7, 11) is 0. The minimum atomic E-state index is -0.291. The van der Waals surface area contributed by atoms with Crippen LogP contribution >= 0.6 is 0 Å². The molecule has 0 saturated carbocycles. The highest BCUT2D eigenvalue weighted by Gasteiger charge is 2.18. The Morgan fingerprint density at radius 2 is 1.97 bits per heavy atom.